The molecule has 0 atom stereocenters. The molecule has 5 nitrogen and oxygen atoms in total. The van der Waals surface area contributed by atoms with E-state index in [4.69, 9.17) is 5.53 Å². The van der Waals surface area contributed by atoms with Crippen molar-refractivity contribution in [1.29, 1.82) is 0 Å². The molecule has 0 amide bonds. The second-order valence-corrected chi connectivity index (χ2v) is 3.57. The highest BCUT2D eigenvalue weighted by Crippen LogP contribution is 2.13. The van der Waals surface area contributed by atoms with Gasteiger partial charge in [-0.15, -0.1) is 0 Å². The molecular weight excluding hydrogens is 204 g/mol. The van der Waals surface area contributed by atoms with Gasteiger partial charge >= 0.3 is 0 Å². The van der Waals surface area contributed by atoms with Gasteiger partial charge in [0.1, 0.15) is 0 Å². The Hall–Kier alpha value is -2.00. The van der Waals surface area contributed by atoms with Gasteiger partial charge in [0.05, 0.1) is 0 Å². The fourth-order valence-electron chi connectivity index (χ4n) is 1.29. The van der Waals surface area contributed by atoms with Crippen LogP contribution >= 0.6 is 0 Å². The molecule has 0 saturated carbocycles. The Morgan fingerprint density at radius 2 is 2.00 bits per heavy atom. The third kappa shape index (κ3) is 3.29. The molecule has 84 valence electrons. The summed E-state index contributed by atoms with van der Waals surface area (Å²) in [5.41, 5.74) is 9.79. The molecule has 0 bridgehead atoms. The Labute approximate surface area is 94.3 Å². The van der Waals surface area contributed by atoms with Gasteiger partial charge in [-0.25, -0.2) is 0 Å². The maximum Gasteiger partial charge on any atom is 0.163 e. The minimum Gasteiger partial charge on any atom is -0.378 e. The summed E-state index contributed by atoms with van der Waals surface area (Å²) in [4.78, 5) is 16.2. The summed E-state index contributed by atoms with van der Waals surface area (Å²) in [6.07, 6.45) is 0.255. The van der Waals surface area contributed by atoms with E-state index in [1.54, 1.807) is 12.1 Å². The third-order valence-corrected chi connectivity index (χ3v) is 2.21. The highest BCUT2D eigenvalue weighted by atomic mass is 16.1. The number of carbonyl (C=O) groups is 1. The molecular formula is C11H14N4O. The quantitative estimate of drug-likeness (QED) is 0.330. The van der Waals surface area contributed by atoms with Crippen LogP contribution in [-0.2, 0) is 0 Å². The predicted octanol–water partition coefficient (Wildman–Crippen LogP) is 2.64. The average molecular weight is 218 g/mol. The first-order chi connectivity index (χ1) is 7.65. The summed E-state index contributed by atoms with van der Waals surface area (Å²) >= 11 is 0. The normalized spacial score (nSPS) is 9.38. The number of nitrogens with zero attached hydrogens (tertiary/aromatic N) is 4. The van der Waals surface area contributed by atoms with Crippen molar-refractivity contribution in [3.8, 4) is 0 Å². The maximum absolute atomic E-state index is 11.6. The Bertz CT molecular complexity index is 404. The van der Waals surface area contributed by atoms with E-state index in [9.17, 15) is 4.79 Å². The van der Waals surface area contributed by atoms with Gasteiger partial charge in [-0.2, -0.15) is 0 Å². The lowest BCUT2D eigenvalue weighted by atomic mass is 10.1. The van der Waals surface area contributed by atoms with Crippen LogP contribution in [0.3, 0.4) is 0 Å². The highest BCUT2D eigenvalue weighted by molar-refractivity contribution is 5.96. The van der Waals surface area contributed by atoms with E-state index in [0.717, 1.165) is 5.69 Å². The fourth-order valence-corrected chi connectivity index (χ4v) is 1.29. The van der Waals surface area contributed by atoms with Gasteiger partial charge in [-0.3, -0.25) is 4.79 Å². The van der Waals surface area contributed by atoms with Crippen LogP contribution < -0.4 is 4.90 Å². The van der Waals surface area contributed by atoms with E-state index >= 15 is 0 Å². The fraction of sp³-hybridized carbons (Fsp3) is 0.364. The Kier molecular flexibility index (Phi) is 4.36. The summed E-state index contributed by atoms with van der Waals surface area (Å²) < 4.78 is 0. The van der Waals surface area contributed by atoms with E-state index in [1.807, 2.05) is 31.1 Å². The average Bonchev–Trinajstić information content (AvgIpc) is 2.29. The standard InChI is InChI=1S/C11H14N4O/c1-15(2)10-5-3-9(4-6-10)11(16)7-8-13-14-12/h3-6H,7-8H2,1-2H3. The number of anilines is 1. The van der Waals surface area contributed by atoms with E-state index in [0.29, 0.717) is 5.56 Å². The van der Waals surface area contributed by atoms with Gasteiger partial charge in [0.25, 0.3) is 0 Å². The second kappa shape index (κ2) is 5.78. The summed E-state index contributed by atoms with van der Waals surface area (Å²) in [5, 5.41) is 3.33. The molecule has 16 heavy (non-hydrogen) atoms. The molecule has 1 aromatic carbocycles. The SMILES string of the molecule is CN(C)c1ccc(C(=O)CCN=[N+]=[N-])cc1. The summed E-state index contributed by atoms with van der Waals surface area (Å²) in [6.45, 7) is 0.213. The van der Waals surface area contributed by atoms with E-state index in [1.165, 1.54) is 0 Å². The smallest absolute Gasteiger partial charge is 0.163 e. The number of benzene rings is 1. The third-order valence-electron chi connectivity index (χ3n) is 2.21. The number of hydrogen-bond donors (Lipinski definition) is 0. The van der Waals surface area contributed by atoms with E-state index < -0.39 is 0 Å². The molecule has 0 aromatic heterocycles. The first kappa shape index (κ1) is 12.1. The van der Waals surface area contributed by atoms with Crippen LogP contribution in [0, 0.1) is 0 Å². The lowest BCUT2D eigenvalue weighted by molar-refractivity contribution is 0.0985. The molecule has 1 rings (SSSR count). The molecule has 5 heteroatoms. The number of carbonyl (C=O) groups excluding carboxylic acids is 1. The van der Waals surface area contributed by atoms with Crippen molar-refractivity contribution < 1.29 is 4.79 Å². The number of ketones is 1. The molecule has 0 N–H and O–H groups in total. The van der Waals surface area contributed by atoms with Gasteiger partial charge in [0, 0.05) is 43.2 Å². The van der Waals surface area contributed by atoms with Crippen LogP contribution in [0.15, 0.2) is 29.4 Å². The largest absolute Gasteiger partial charge is 0.378 e. The zero-order chi connectivity index (χ0) is 12.0. The van der Waals surface area contributed by atoms with Crippen molar-refractivity contribution in [2.45, 2.75) is 6.42 Å². The Balaban J connectivity index is 2.66. The minimum absolute atomic E-state index is 0.00212. The van der Waals surface area contributed by atoms with Crippen LogP contribution in [0.4, 0.5) is 5.69 Å². The van der Waals surface area contributed by atoms with Gasteiger partial charge < -0.3 is 4.90 Å². The van der Waals surface area contributed by atoms with Crippen LogP contribution in [0.25, 0.3) is 10.4 Å². The van der Waals surface area contributed by atoms with Crippen molar-refractivity contribution in [1.82, 2.24) is 0 Å². The number of Topliss-reactive ketones (excluding diaryl/α,β-unsaturated/α-hetero) is 1. The van der Waals surface area contributed by atoms with Gasteiger partial charge in [-0.1, -0.05) is 5.11 Å². The highest BCUT2D eigenvalue weighted by Gasteiger charge is 2.04. The number of hydrogen-bond acceptors (Lipinski definition) is 3. The first-order valence-corrected chi connectivity index (χ1v) is 4.96. The molecule has 0 unspecified atom stereocenters. The number of azide groups is 1. The molecule has 0 aliphatic rings. The van der Waals surface area contributed by atoms with Crippen molar-refractivity contribution in [2.24, 2.45) is 5.11 Å². The molecule has 0 radical (unpaired) electrons. The van der Waals surface area contributed by atoms with Crippen LogP contribution in [0.2, 0.25) is 0 Å². The molecule has 0 aliphatic heterocycles. The van der Waals surface area contributed by atoms with Gasteiger partial charge in [0.15, 0.2) is 5.78 Å². The monoisotopic (exact) mass is 218 g/mol. The molecule has 0 fully saturated rings. The van der Waals surface area contributed by atoms with Gasteiger partial charge in [0.2, 0.25) is 0 Å². The molecule has 0 aliphatic carbocycles. The lowest BCUT2D eigenvalue weighted by Crippen LogP contribution is -2.09. The Morgan fingerprint density at radius 1 is 1.38 bits per heavy atom. The second-order valence-electron chi connectivity index (χ2n) is 3.57. The summed E-state index contributed by atoms with van der Waals surface area (Å²) in [6, 6.07) is 7.35. The minimum atomic E-state index is -0.00212. The van der Waals surface area contributed by atoms with Crippen LogP contribution in [-0.4, -0.2) is 26.4 Å². The summed E-state index contributed by atoms with van der Waals surface area (Å²) in [7, 11) is 3.89. The van der Waals surface area contributed by atoms with Crippen molar-refractivity contribution in [3.05, 3.63) is 40.3 Å². The first-order valence-electron chi connectivity index (χ1n) is 4.96. The summed E-state index contributed by atoms with van der Waals surface area (Å²) in [5.74, 6) is -0.00212. The number of rotatable bonds is 5. The zero-order valence-corrected chi connectivity index (χ0v) is 9.42. The predicted molar refractivity (Wildman–Crippen MR) is 63.7 cm³/mol. The van der Waals surface area contributed by atoms with Gasteiger partial charge in [-0.05, 0) is 29.8 Å². The molecule has 0 saturated heterocycles. The zero-order valence-electron chi connectivity index (χ0n) is 9.42. The lowest BCUT2D eigenvalue weighted by Gasteiger charge is -2.12. The van der Waals surface area contributed by atoms with Crippen molar-refractivity contribution >= 4 is 11.5 Å². The van der Waals surface area contributed by atoms with E-state index in [-0.39, 0.29) is 18.7 Å². The van der Waals surface area contributed by atoms with Crippen LogP contribution in [0.1, 0.15) is 16.8 Å². The van der Waals surface area contributed by atoms with Crippen LogP contribution in [0.5, 0.6) is 0 Å². The van der Waals surface area contributed by atoms with Crippen molar-refractivity contribution in [3.63, 3.8) is 0 Å². The van der Waals surface area contributed by atoms with E-state index in [2.05, 4.69) is 10.0 Å². The Morgan fingerprint density at radius 3 is 2.50 bits per heavy atom. The maximum atomic E-state index is 11.6. The molecule has 0 heterocycles. The molecule has 1 aromatic rings. The molecule has 0 spiro atoms. The van der Waals surface area contributed by atoms with Crippen molar-refractivity contribution in [2.75, 3.05) is 25.5 Å². The topological polar surface area (TPSA) is 69.1 Å².